The Morgan fingerprint density at radius 3 is 2.86 bits per heavy atom. The molecule has 28 heavy (non-hydrogen) atoms. The first-order valence-electron chi connectivity index (χ1n) is 9.59. The molecule has 2 N–H and O–H groups in total. The first-order valence-corrected chi connectivity index (χ1v) is 9.59. The smallest absolute Gasteiger partial charge is 0.224 e. The van der Waals surface area contributed by atoms with Gasteiger partial charge in [0.1, 0.15) is 5.65 Å². The summed E-state index contributed by atoms with van der Waals surface area (Å²) in [7, 11) is 0. The molecule has 3 heterocycles. The fraction of sp³-hybridized carbons (Fsp3) is 0.227. The van der Waals surface area contributed by atoms with E-state index in [1.807, 2.05) is 53.5 Å². The summed E-state index contributed by atoms with van der Waals surface area (Å²) in [6, 6.07) is 14.1. The molecule has 140 valence electrons. The van der Waals surface area contributed by atoms with E-state index in [0.717, 1.165) is 27.8 Å². The lowest BCUT2D eigenvalue weighted by Crippen LogP contribution is -2.24. The van der Waals surface area contributed by atoms with Crippen molar-refractivity contribution in [2.75, 3.05) is 0 Å². The molecule has 1 saturated carbocycles. The molecule has 4 aromatic rings. The van der Waals surface area contributed by atoms with Gasteiger partial charge in [0.15, 0.2) is 0 Å². The van der Waals surface area contributed by atoms with Crippen molar-refractivity contribution in [3.63, 3.8) is 0 Å². The number of carbonyl (C=O) groups is 1. The minimum Gasteiger partial charge on any atom is -0.352 e. The number of H-pyrrole nitrogens is 1. The highest BCUT2D eigenvalue weighted by atomic mass is 16.1. The normalized spacial score (nSPS) is 13.7. The molecule has 1 aliphatic carbocycles. The Hall–Kier alpha value is -3.41. The molecule has 0 atom stereocenters. The number of rotatable bonds is 6. The summed E-state index contributed by atoms with van der Waals surface area (Å²) in [6.07, 6.45) is 8.45. The van der Waals surface area contributed by atoms with Crippen LogP contribution in [0.25, 0.3) is 16.7 Å². The van der Waals surface area contributed by atoms with Gasteiger partial charge in [-0.3, -0.25) is 4.79 Å². The van der Waals surface area contributed by atoms with Gasteiger partial charge in [-0.2, -0.15) is 5.10 Å². The van der Waals surface area contributed by atoms with E-state index in [4.69, 9.17) is 0 Å². The van der Waals surface area contributed by atoms with E-state index >= 15 is 0 Å². The number of hydrogen-bond donors (Lipinski definition) is 2. The SMILES string of the molecule is O=C(Cc1c[nH]c2ncccc12)NCc1ccc(-n2ccc(C3CC3)n2)cc1. The van der Waals surface area contributed by atoms with Crippen LogP contribution < -0.4 is 5.32 Å². The number of fused-ring (bicyclic) bond motifs is 1. The van der Waals surface area contributed by atoms with Crippen LogP contribution in [0.4, 0.5) is 0 Å². The van der Waals surface area contributed by atoms with E-state index in [1.165, 1.54) is 18.5 Å². The lowest BCUT2D eigenvalue weighted by Gasteiger charge is -2.07. The molecule has 1 aliphatic rings. The summed E-state index contributed by atoms with van der Waals surface area (Å²) >= 11 is 0. The van der Waals surface area contributed by atoms with Crippen LogP contribution in [0, 0.1) is 0 Å². The molecule has 0 aliphatic heterocycles. The lowest BCUT2D eigenvalue weighted by molar-refractivity contribution is -0.120. The Labute approximate surface area is 162 Å². The van der Waals surface area contributed by atoms with Gasteiger partial charge < -0.3 is 10.3 Å². The molecule has 0 spiro atoms. The van der Waals surface area contributed by atoms with Crippen molar-refractivity contribution in [1.29, 1.82) is 0 Å². The van der Waals surface area contributed by atoms with Crippen molar-refractivity contribution in [1.82, 2.24) is 25.1 Å². The van der Waals surface area contributed by atoms with Gasteiger partial charge in [0, 0.05) is 36.4 Å². The number of benzene rings is 1. The van der Waals surface area contributed by atoms with Crippen LogP contribution in [-0.4, -0.2) is 25.7 Å². The average molecular weight is 371 g/mol. The van der Waals surface area contributed by atoms with E-state index in [0.29, 0.717) is 18.9 Å². The van der Waals surface area contributed by atoms with Gasteiger partial charge in [0.05, 0.1) is 17.8 Å². The second-order valence-corrected chi connectivity index (χ2v) is 7.29. The minimum atomic E-state index is -0.00465. The monoisotopic (exact) mass is 371 g/mol. The predicted molar refractivity (Wildman–Crippen MR) is 107 cm³/mol. The molecule has 0 saturated heterocycles. The Balaban J connectivity index is 1.19. The van der Waals surface area contributed by atoms with Gasteiger partial charge in [-0.05, 0) is 54.3 Å². The number of aromatic amines is 1. The molecule has 0 radical (unpaired) electrons. The van der Waals surface area contributed by atoms with Gasteiger partial charge in [0.2, 0.25) is 5.91 Å². The van der Waals surface area contributed by atoms with Crippen molar-refractivity contribution < 1.29 is 4.79 Å². The Morgan fingerprint density at radius 1 is 1.18 bits per heavy atom. The first-order chi connectivity index (χ1) is 13.8. The maximum absolute atomic E-state index is 12.3. The van der Waals surface area contributed by atoms with Crippen molar-refractivity contribution in [2.24, 2.45) is 0 Å². The maximum Gasteiger partial charge on any atom is 0.224 e. The van der Waals surface area contributed by atoms with Crippen LogP contribution in [0.1, 0.15) is 35.6 Å². The number of hydrogen-bond acceptors (Lipinski definition) is 3. The van der Waals surface area contributed by atoms with Crippen LogP contribution >= 0.6 is 0 Å². The predicted octanol–water partition coefficient (Wildman–Crippen LogP) is 3.48. The zero-order chi connectivity index (χ0) is 18.9. The zero-order valence-electron chi connectivity index (χ0n) is 15.4. The van der Waals surface area contributed by atoms with Crippen LogP contribution in [0.5, 0.6) is 0 Å². The first kappa shape index (κ1) is 16.7. The number of nitrogens with zero attached hydrogens (tertiary/aromatic N) is 3. The molecule has 5 rings (SSSR count). The summed E-state index contributed by atoms with van der Waals surface area (Å²) in [5.74, 6) is 0.652. The summed E-state index contributed by atoms with van der Waals surface area (Å²) in [5, 5.41) is 8.64. The lowest BCUT2D eigenvalue weighted by atomic mass is 10.1. The molecular formula is C22H21N5O. The fourth-order valence-electron chi connectivity index (χ4n) is 3.44. The van der Waals surface area contributed by atoms with E-state index in [-0.39, 0.29) is 5.91 Å². The number of carbonyl (C=O) groups excluding carboxylic acids is 1. The molecule has 1 amide bonds. The quantitative estimate of drug-likeness (QED) is 0.545. The van der Waals surface area contributed by atoms with E-state index in [1.54, 1.807) is 6.20 Å². The van der Waals surface area contributed by atoms with E-state index in [2.05, 4.69) is 26.4 Å². The third-order valence-corrected chi connectivity index (χ3v) is 5.18. The topological polar surface area (TPSA) is 75.6 Å². The minimum absolute atomic E-state index is 0.00465. The molecule has 6 nitrogen and oxygen atoms in total. The highest BCUT2D eigenvalue weighted by Gasteiger charge is 2.25. The largest absolute Gasteiger partial charge is 0.352 e. The van der Waals surface area contributed by atoms with Gasteiger partial charge in [-0.1, -0.05) is 12.1 Å². The molecule has 1 fully saturated rings. The van der Waals surface area contributed by atoms with Crippen LogP contribution in [-0.2, 0) is 17.8 Å². The van der Waals surface area contributed by atoms with Crippen molar-refractivity contribution in [2.45, 2.75) is 31.7 Å². The van der Waals surface area contributed by atoms with Crippen LogP contribution in [0.15, 0.2) is 61.1 Å². The number of amides is 1. The van der Waals surface area contributed by atoms with Gasteiger partial charge in [0.25, 0.3) is 0 Å². The highest BCUT2D eigenvalue weighted by Crippen LogP contribution is 2.39. The van der Waals surface area contributed by atoms with Crippen LogP contribution in [0.3, 0.4) is 0 Å². The summed E-state index contributed by atoms with van der Waals surface area (Å²) < 4.78 is 1.92. The fourth-order valence-corrected chi connectivity index (χ4v) is 3.44. The highest BCUT2D eigenvalue weighted by molar-refractivity contribution is 5.87. The number of pyridine rings is 1. The van der Waals surface area contributed by atoms with E-state index < -0.39 is 0 Å². The van der Waals surface area contributed by atoms with Crippen LogP contribution in [0.2, 0.25) is 0 Å². The molecular weight excluding hydrogens is 350 g/mol. The third kappa shape index (κ3) is 3.41. The van der Waals surface area contributed by atoms with E-state index in [9.17, 15) is 4.79 Å². The van der Waals surface area contributed by atoms with Crippen molar-refractivity contribution in [3.05, 3.63) is 77.9 Å². The molecule has 1 aromatic carbocycles. The molecule has 3 aromatic heterocycles. The molecule has 0 unspecified atom stereocenters. The van der Waals surface area contributed by atoms with Crippen molar-refractivity contribution >= 4 is 16.9 Å². The maximum atomic E-state index is 12.3. The second kappa shape index (κ2) is 6.96. The second-order valence-electron chi connectivity index (χ2n) is 7.29. The zero-order valence-corrected chi connectivity index (χ0v) is 15.4. The van der Waals surface area contributed by atoms with Crippen molar-refractivity contribution in [3.8, 4) is 5.69 Å². The molecule has 0 bridgehead atoms. The Bertz CT molecular complexity index is 1120. The molecule has 6 heteroatoms. The summed E-state index contributed by atoms with van der Waals surface area (Å²) in [4.78, 5) is 19.7. The van der Waals surface area contributed by atoms with Gasteiger partial charge in [-0.25, -0.2) is 9.67 Å². The van der Waals surface area contributed by atoms with Gasteiger partial charge in [-0.15, -0.1) is 0 Å². The van der Waals surface area contributed by atoms with Gasteiger partial charge >= 0.3 is 0 Å². The average Bonchev–Trinajstić information content (AvgIpc) is 3.32. The summed E-state index contributed by atoms with van der Waals surface area (Å²) in [6.45, 7) is 0.506. The summed E-state index contributed by atoms with van der Waals surface area (Å²) in [5.41, 5.74) is 5.05. The Kier molecular flexibility index (Phi) is 4.16. The standard InChI is InChI=1S/C22H21N5O/c28-21(12-17-14-25-22-19(17)2-1-10-23-22)24-13-15-3-7-18(8-4-15)27-11-9-20(26-27)16-5-6-16/h1-4,7-11,14,16H,5-6,12-13H2,(H,23,25)(H,24,28). The number of nitrogens with one attached hydrogen (secondary N) is 2. The third-order valence-electron chi connectivity index (χ3n) is 5.18. The number of aromatic nitrogens is 4. The Morgan fingerprint density at radius 2 is 2.04 bits per heavy atom.